The topological polar surface area (TPSA) is 0 Å². The van der Waals surface area contributed by atoms with Crippen LogP contribution in [0.5, 0.6) is 0 Å². The van der Waals surface area contributed by atoms with E-state index in [2.05, 4.69) is 0 Å². The lowest BCUT2D eigenvalue weighted by atomic mass is 10.6. The molecule has 0 rings (SSSR count). The highest BCUT2D eigenvalue weighted by molar-refractivity contribution is 4.90. The first kappa shape index (κ1) is 23.7. The smallest absolute Gasteiger partial charge is 0.255 e. The molecule has 0 saturated carbocycles. The van der Waals surface area contributed by atoms with Gasteiger partial charge in [0, 0.05) is 0 Å². The maximum Gasteiger partial charge on any atom is 0.304 e. The van der Waals surface area contributed by atoms with E-state index in [9.17, 15) is 39.5 Å². The Kier molecular flexibility index (Phi) is 46.2. The van der Waals surface area contributed by atoms with Crippen molar-refractivity contribution >= 4 is 0 Å². The number of hydrogen-bond donors (Lipinski definition) is 0. The molecule has 0 spiro atoms. The Morgan fingerprint density at radius 1 is 0.733 bits per heavy atom. The molecule has 15 heavy (non-hydrogen) atoms. The van der Waals surface area contributed by atoms with Crippen LogP contribution in [0.4, 0.5) is 39.5 Å². The van der Waals surface area contributed by atoms with Crippen LogP contribution >= 0.6 is 0 Å². The van der Waals surface area contributed by atoms with E-state index < -0.39 is 32.4 Å². The van der Waals surface area contributed by atoms with Gasteiger partial charge in [0.05, 0.1) is 7.18 Å². The number of halogens is 9. The second kappa shape index (κ2) is 29.2. The van der Waals surface area contributed by atoms with Gasteiger partial charge in [0.25, 0.3) is 0 Å². The molecule has 96 valence electrons. The second-order valence-electron chi connectivity index (χ2n) is 1.00. The van der Waals surface area contributed by atoms with E-state index >= 15 is 0 Å². The second-order valence-corrected chi connectivity index (χ2v) is 1.00. The molecule has 0 fully saturated rings. The van der Waals surface area contributed by atoms with Crippen LogP contribution in [0.1, 0.15) is 0 Å². The molecule has 0 radical (unpaired) electrons. The molecule has 0 aliphatic rings. The van der Waals surface area contributed by atoms with Gasteiger partial charge in [-0.3, -0.25) is 4.39 Å². The summed E-state index contributed by atoms with van der Waals surface area (Å²) in [5.41, 5.74) is 0. The number of alkyl halides is 6. The van der Waals surface area contributed by atoms with Crippen LogP contribution in [0.25, 0.3) is 0 Å². The fourth-order valence-electron chi connectivity index (χ4n) is 0.0505. The monoisotopic (exact) mass is 252 g/mol. The zero-order valence-electron chi connectivity index (χ0n) is 7.52. The minimum absolute atomic E-state index is 0.500. The lowest BCUT2D eigenvalue weighted by molar-refractivity contribution is 0.295. The van der Waals surface area contributed by atoms with Crippen molar-refractivity contribution in [2.45, 2.75) is 0 Å². The third-order valence-corrected chi connectivity index (χ3v) is 0.322. The Balaban J connectivity index is -0.0000000638. The lowest BCUT2D eigenvalue weighted by Crippen LogP contribution is -1.74. The van der Waals surface area contributed by atoms with E-state index in [1.165, 1.54) is 0 Å². The Morgan fingerprint density at radius 3 is 0.933 bits per heavy atom. The van der Waals surface area contributed by atoms with Crippen molar-refractivity contribution in [3.8, 4) is 0 Å². The molecular formula is C6H9F9. The summed E-state index contributed by atoms with van der Waals surface area (Å²) in [4.78, 5) is 0. The van der Waals surface area contributed by atoms with E-state index in [0.717, 1.165) is 0 Å². The average Bonchev–Trinajstić information content (AvgIpc) is 2.22. The van der Waals surface area contributed by atoms with Crippen molar-refractivity contribution in [1.82, 2.24) is 0 Å². The number of allylic oxidation sites excluding steroid dienone is 1. The van der Waals surface area contributed by atoms with Crippen molar-refractivity contribution < 1.29 is 39.5 Å². The Bertz CT molecular complexity index is 107. The Hall–Kier alpha value is -0.890. The van der Waals surface area contributed by atoms with Crippen LogP contribution < -0.4 is 0 Å². The molecule has 0 atom stereocenters. The van der Waals surface area contributed by atoms with Gasteiger partial charge in [-0.2, -0.15) is 8.78 Å². The fourth-order valence-corrected chi connectivity index (χ4v) is 0.0505. The van der Waals surface area contributed by atoms with Crippen molar-refractivity contribution in [2.75, 3.05) is 27.7 Å². The normalized spacial score (nSPS) is 6.80. The van der Waals surface area contributed by atoms with Gasteiger partial charge in [-0.1, -0.05) is 0 Å². The molecule has 9 heteroatoms. The highest BCUT2D eigenvalue weighted by Gasteiger charge is 2.00. The maximum atomic E-state index is 11.0. The lowest BCUT2D eigenvalue weighted by Gasteiger charge is -1.79. The van der Waals surface area contributed by atoms with Crippen molar-refractivity contribution in [2.24, 2.45) is 0 Å². The van der Waals surface area contributed by atoms with Crippen LogP contribution in [0.15, 0.2) is 11.9 Å². The first-order valence-electron chi connectivity index (χ1n) is 2.88. The Morgan fingerprint density at radius 2 is 0.933 bits per heavy atom. The molecule has 0 aromatic heterocycles. The molecule has 0 unspecified atom stereocenters. The minimum atomic E-state index is -2.58. The molecule has 0 aromatic carbocycles. The summed E-state index contributed by atoms with van der Waals surface area (Å²) in [5, 5.41) is 0. The summed E-state index contributed by atoms with van der Waals surface area (Å²) >= 11 is 0. The van der Waals surface area contributed by atoms with E-state index in [1.54, 1.807) is 0 Å². The average molecular weight is 252 g/mol. The van der Waals surface area contributed by atoms with Gasteiger partial charge >= 0.3 is 6.08 Å². The highest BCUT2D eigenvalue weighted by Crippen LogP contribution is 2.07. The predicted octanol–water partition coefficient (Wildman–Crippen LogP) is 4.39. The Labute approximate surface area is 80.4 Å². The van der Waals surface area contributed by atoms with Crippen LogP contribution in [0.3, 0.4) is 0 Å². The van der Waals surface area contributed by atoms with Crippen molar-refractivity contribution in [3.05, 3.63) is 11.9 Å². The summed E-state index contributed by atoms with van der Waals surface area (Å²) in [7, 11) is 0.500. The number of hydrogen-bond acceptors (Lipinski definition) is 0. The number of rotatable bonds is 1. The van der Waals surface area contributed by atoms with Crippen LogP contribution in [0.2, 0.25) is 0 Å². The molecule has 0 heterocycles. The van der Waals surface area contributed by atoms with Crippen LogP contribution in [0, 0.1) is 0 Å². The molecule has 0 aliphatic carbocycles. The molecule has 0 N–H and O–H groups in total. The van der Waals surface area contributed by atoms with Gasteiger partial charge in [0.15, 0.2) is 5.83 Å². The zero-order valence-corrected chi connectivity index (χ0v) is 7.52. The maximum absolute atomic E-state index is 11.0. The molecule has 0 nitrogen and oxygen atoms in total. The minimum Gasteiger partial charge on any atom is -0.255 e. The van der Waals surface area contributed by atoms with Gasteiger partial charge < -0.3 is 0 Å². The van der Waals surface area contributed by atoms with E-state index in [1.807, 2.05) is 0 Å². The van der Waals surface area contributed by atoms with Gasteiger partial charge in [-0.15, -0.1) is 0 Å². The van der Waals surface area contributed by atoms with E-state index in [0.29, 0.717) is 7.18 Å². The summed E-state index contributed by atoms with van der Waals surface area (Å²) in [6.07, 6.45) is -2.58. The fraction of sp³-hybridized carbons (Fsp3) is 0.667. The zero-order chi connectivity index (χ0) is 13.3. The first-order valence-corrected chi connectivity index (χ1v) is 2.88. The summed E-state index contributed by atoms with van der Waals surface area (Å²) in [5.74, 6) is -1.99. The molecule has 0 amide bonds. The molecule has 0 bridgehead atoms. The van der Waals surface area contributed by atoms with E-state index in [-0.39, 0.29) is 0 Å². The van der Waals surface area contributed by atoms with Gasteiger partial charge in [-0.05, 0) is 0 Å². The highest BCUT2D eigenvalue weighted by atomic mass is 19.3. The summed E-state index contributed by atoms with van der Waals surface area (Å²) < 4.78 is 91.1. The third kappa shape index (κ3) is 62.0. The summed E-state index contributed by atoms with van der Waals surface area (Å²) in [6, 6.07) is 0. The van der Waals surface area contributed by atoms with Gasteiger partial charge in [0.2, 0.25) is 13.9 Å². The van der Waals surface area contributed by atoms with Crippen molar-refractivity contribution in [3.63, 3.8) is 0 Å². The van der Waals surface area contributed by atoms with Crippen LogP contribution in [-0.4, -0.2) is 27.7 Å². The SMILES string of the molecule is CF.FCC(F)=C(F)F.FCF.FCF. The molecule has 0 aliphatic heterocycles. The quantitative estimate of drug-likeness (QED) is 0.607. The molecular weight excluding hydrogens is 243 g/mol. The first-order chi connectivity index (χ1) is 7.01. The standard InChI is InChI=1S/C3H2F4.2CH2F2.CH3F/c4-1-2(5)3(6)7;2*2-1-3;1-2/h1H2;2*1H2;1H3. The third-order valence-electron chi connectivity index (χ3n) is 0.322. The van der Waals surface area contributed by atoms with Crippen LogP contribution in [-0.2, 0) is 0 Å². The largest absolute Gasteiger partial charge is 0.304 e. The van der Waals surface area contributed by atoms with Gasteiger partial charge in [0.1, 0.15) is 6.67 Å². The summed E-state index contributed by atoms with van der Waals surface area (Å²) in [6.45, 7) is -5.22. The molecule has 0 aromatic rings. The van der Waals surface area contributed by atoms with E-state index in [4.69, 9.17) is 0 Å². The van der Waals surface area contributed by atoms with Gasteiger partial charge in [-0.25, -0.2) is 26.3 Å². The molecule has 0 saturated heterocycles. The van der Waals surface area contributed by atoms with Crippen molar-refractivity contribution in [1.29, 1.82) is 0 Å². The predicted molar refractivity (Wildman–Crippen MR) is 37.5 cm³/mol.